The maximum Gasteiger partial charge on any atom is 0.306 e. The fourth-order valence-electron chi connectivity index (χ4n) is 7.28. The van der Waals surface area contributed by atoms with Gasteiger partial charge in [0.25, 0.3) is 5.91 Å². The summed E-state index contributed by atoms with van der Waals surface area (Å²) in [5, 5.41) is 21.2. The van der Waals surface area contributed by atoms with Gasteiger partial charge < -0.3 is 29.7 Å². The number of nitrogens with one attached hydrogen (secondary N) is 1. The average Bonchev–Trinajstić information content (AvgIpc) is 3.67. The average molecular weight is 641 g/mol. The number of hydrogen-bond acceptors (Lipinski definition) is 9. The number of nitrogens with zero attached hydrogens (tertiary/aromatic N) is 5. The van der Waals surface area contributed by atoms with Crippen molar-refractivity contribution in [2.24, 2.45) is 11.8 Å². The van der Waals surface area contributed by atoms with Crippen LogP contribution in [0, 0.1) is 11.8 Å². The first-order valence-electron chi connectivity index (χ1n) is 15.9. The number of rotatable bonds is 6. The van der Waals surface area contributed by atoms with Crippen LogP contribution in [0.2, 0.25) is 0 Å². The van der Waals surface area contributed by atoms with E-state index < -0.39 is 47.5 Å². The van der Waals surface area contributed by atoms with Gasteiger partial charge in [-0.25, -0.2) is 4.68 Å². The number of benzene rings is 2. The number of likely N-dealkylation sites (tertiary alicyclic amines) is 1. The molecule has 0 radical (unpaired) electrons. The van der Waals surface area contributed by atoms with Crippen molar-refractivity contribution in [2.75, 3.05) is 26.3 Å². The molecule has 2 N–H and O–H groups in total. The number of esters is 1. The molecule has 1 aromatic heterocycles. The molecule has 7 rings (SSSR count). The highest BCUT2D eigenvalue weighted by atomic mass is 16.5. The van der Waals surface area contributed by atoms with E-state index >= 15 is 0 Å². The van der Waals surface area contributed by atoms with Crippen LogP contribution < -0.4 is 5.32 Å². The molecule has 0 unspecified atom stereocenters. The monoisotopic (exact) mass is 640 g/mol. The molecule has 1 spiro atoms. The number of carbonyl (C=O) groups excluding carboxylic acids is 4. The van der Waals surface area contributed by atoms with E-state index in [2.05, 4.69) is 15.6 Å². The predicted octanol–water partition coefficient (Wildman–Crippen LogP) is 1.50. The van der Waals surface area contributed by atoms with E-state index in [1.54, 1.807) is 33.9 Å². The highest BCUT2D eigenvalue weighted by Gasteiger charge is 2.71. The number of para-hydroxylation sites is 1. The van der Waals surface area contributed by atoms with Crippen molar-refractivity contribution in [3.8, 4) is 0 Å². The second-order valence-corrected chi connectivity index (χ2v) is 12.3. The van der Waals surface area contributed by atoms with Crippen LogP contribution in [0.5, 0.6) is 0 Å². The number of cyclic esters (lactones) is 1. The van der Waals surface area contributed by atoms with Crippen molar-refractivity contribution in [3.63, 3.8) is 0 Å². The molecule has 13 nitrogen and oxygen atoms in total. The first-order chi connectivity index (χ1) is 22.9. The summed E-state index contributed by atoms with van der Waals surface area (Å²) in [6.07, 6.45) is 6.94. The molecule has 244 valence electrons. The second kappa shape index (κ2) is 12.7. The van der Waals surface area contributed by atoms with Crippen LogP contribution in [0.15, 0.2) is 78.9 Å². The Hall–Kier alpha value is -4.88. The van der Waals surface area contributed by atoms with Gasteiger partial charge in [-0.1, -0.05) is 72.0 Å². The molecular formula is C34H36N6O7. The number of aliphatic hydroxyl groups is 1. The van der Waals surface area contributed by atoms with Crippen LogP contribution in [0.25, 0.3) is 11.0 Å². The van der Waals surface area contributed by atoms with E-state index in [1.807, 2.05) is 54.6 Å². The molecule has 0 saturated carbocycles. The maximum atomic E-state index is 14.6. The summed E-state index contributed by atoms with van der Waals surface area (Å²) in [6, 6.07) is 14.9. The number of hydrogen-bond donors (Lipinski definition) is 2. The van der Waals surface area contributed by atoms with E-state index in [0.717, 1.165) is 11.1 Å². The Balaban J connectivity index is 1.26. The Kier molecular flexibility index (Phi) is 8.33. The number of aromatic nitrogens is 3. The zero-order chi connectivity index (χ0) is 32.5. The van der Waals surface area contributed by atoms with E-state index in [-0.39, 0.29) is 57.6 Å². The Morgan fingerprint density at radius 1 is 1.00 bits per heavy atom. The van der Waals surface area contributed by atoms with Crippen molar-refractivity contribution in [2.45, 2.75) is 49.7 Å². The Morgan fingerprint density at radius 3 is 2.64 bits per heavy atom. The molecular weight excluding hydrogens is 604 g/mol. The predicted molar refractivity (Wildman–Crippen MR) is 167 cm³/mol. The summed E-state index contributed by atoms with van der Waals surface area (Å²) in [6.45, 7) is 0.161. The molecule has 4 aliphatic heterocycles. The van der Waals surface area contributed by atoms with Crippen molar-refractivity contribution in [1.29, 1.82) is 0 Å². The van der Waals surface area contributed by atoms with Gasteiger partial charge >= 0.3 is 5.97 Å². The lowest BCUT2D eigenvalue weighted by Crippen LogP contribution is -2.55. The highest BCUT2D eigenvalue weighted by molar-refractivity contribution is 5.99. The number of aliphatic hydroxyl groups excluding tert-OH is 1. The Labute approximate surface area is 270 Å². The van der Waals surface area contributed by atoms with Crippen molar-refractivity contribution < 1.29 is 33.8 Å². The van der Waals surface area contributed by atoms with Crippen LogP contribution in [-0.2, 0) is 35.3 Å². The van der Waals surface area contributed by atoms with E-state index in [1.165, 1.54) is 4.90 Å². The minimum Gasteiger partial charge on any atom is -0.463 e. The molecule has 47 heavy (non-hydrogen) atoms. The van der Waals surface area contributed by atoms with Gasteiger partial charge in [0.1, 0.15) is 30.4 Å². The quantitative estimate of drug-likeness (QED) is 0.301. The van der Waals surface area contributed by atoms with Crippen molar-refractivity contribution in [1.82, 2.24) is 30.1 Å². The number of ether oxygens (including phenoxy) is 2. The van der Waals surface area contributed by atoms with Crippen LogP contribution in [0.3, 0.4) is 0 Å². The number of amides is 3. The summed E-state index contributed by atoms with van der Waals surface area (Å²) < 4.78 is 13.9. The molecule has 2 fully saturated rings. The fraction of sp³-hybridized carbons (Fsp3) is 0.412. The molecule has 2 saturated heterocycles. The minimum absolute atomic E-state index is 0.0735. The van der Waals surface area contributed by atoms with Gasteiger partial charge in [0.05, 0.1) is 29.5 Å². The van der Waals surface area contributed by atoms with Gasteiger partial charge in [-0.3, -0.25) is 19.2 Å². The summed E-state index contributed by atoms with van der Waals surface area (Å²) in [7, 11) is 0. The van der Waals surface area contributed by atoms with Crippen LogP contribution in [0.4, 0.5) is 0 Å². The number of carbonyl (C=O) groups is 4. The zero-order valence-corrected chi connectivity index (χ0v) is 25.7. The number of fused-ring (bicyclic) bond motifs is 3. The highest BCUT2D eigenvalue weighted by Crippen LogP contribution is 2.53. The Bertz CT molecular complexity index is 1740. The maximum absolute atomic E-state index is 14.6. The zero-order valence-electron chi connectivity index (χ0n) is 25.7. The van der Waals surface area contributed by atoms with Gasteiger partial charge in [-0.2, -0.15) is 0 Å². The lowest BCUT2D eigenvalue weighted by Gasteiger charge is -2.35. The van der Waals surface area contributed by atoms with Crippen LogP contribution in [0.1, 0.15) is 30.9 Å². The van der Waals surface area contributed by atoms with Crippen LogP contribution in [-0.4, -0.2) is 97.6 Å². The standard InChI is InChI=1S/C34H36N6O7/c41-19-9-18-39-30-33(45)38(21-40-25-13-5-4-12-23(25)36-37-40)17-8-16-34(30)29(32(39)44)28-26(47-34)14-6-7-15-27(42)46-20-24(35-31(28)43)22-10-2-1-3-11-22/h1-6,8,10-14,16,24,26,28-30,41H,7,9,15,17-21H2,(H,35,43)/b14-6-/t24-,26+,28-,29-,30+,34-/m1/s1. The first kappa shape index (κ1) is 30.8. The molecule has 3 aromatic rings. The third-order valence-electron chi connectivity index (χ3n) is 9.43. The molecule has 3 amide bonds. The summed E-state index contributed by atoms with van der Waals surface area (Å²) >= 11 is 0. The molecule has 2 aromatic carbocycles. The topological polar surface area (TPSA) is 156 Å². The third kappa shape index (κ3) is 5.48. The smallest absolute Gasteiger partial charge is 0.306 e. The first-order valence-corrected chi connectivity index (χ1v) is 15.9. The van der Waals surface area contributed by atoms with Gasteiger partial charge in [-0.15, -0.1) is 5.10 Å². The molecule has 4 aliphatic rings. The lowest BCUT2D eigenvalue weighted by molar-refractivity contribution is -0.149. The fourth-order valence-corrected chi connectivity index (χ4v) is 7.28. The summed E-state index contributed by atoms with van der Waals surface area (Å²) in [4.78, 5) is 58.8. The van der Waals surface area contributed by atoms with E-state index in [0.29, 0.717) is 11.9 Å². The molecule has 0 bridgehead atoms. The van der Waals surface area contributed by atoms with Gasteiger partial charge in [0.15, 0.2) is 0 Å². The SMILES string of the molecule is O=C1CC/C=C\[C@@H]2O[C@@]34C=CCN(Cn5nnc6ccccc65)C(=O)[C@@H]3N(CCCO)C(=O)[C@H]4[C@@H]2C(=O)N[C@@H](c2ccccc2)CO1. The van der Waals surface area contributed by atoms with Crippen molar-refractivity contribution >= 4 is 34.7 Å². The van der Waals surface area contributed by atoms with Gasteiger partial charge in [0, 0.05) is 26.1 Å². The van der Waals surface area contributed by atoms with Crippen LogP contribution >= 0.6 is 0 Å². The van der Waals surface area contributed by atoms with Gasteiger partial charge in [-0.05, 0) is 30.5 Å². The van der Waals surface area contributed by atoms with E-state index in [9.17, 15) is 24.3 Å². The third-order valence-corrected chi connectivity index (χ3v) is 9.43. The molecule has 6 atom stereocenters. The molecule has 13 heteroatoms. The molecule has 0 aliphatic carbocycles. The largest absolute Gasteiger partial charge is 0.463 e. The van der Waals surface area contributed by atoms with E-state index in [4.69, 9.17) is 9.47 Å². The molecule has 5 heterocycles. The minimum atomic E-state index is -1.45. The lowest BCUT2D eigenvalue weighted by atomic mass is 9.77. The second-order valence-electron chi connectivity index (χ2n) is 12.3. The normalized spacial score (nSPS) is 30.1. The Morgan fingerprint density at radius 2 is 1.81 bits per heavy atom. The van der Waals surface area contributed by atoms with Crippen molar-refractivity contribution in [3.05, 3.63) is 84.5 Å². The van der Waals surface area contributed by atoms with Gasteiger partial charge in [0.2, 0.25) is 11.8 Å². The number of allylic oxidation sites excluding steroid dienone is 1. The summed E-state index contributed by atoms with van der Waals surface area (Å²) in [5.74, 6) is -3.58. The summed E-state index contributed by atoms with van der Waals surface area (Å²) in [5.41, 5.74) is 0.740.